The zero-order valence-electron chi connectivity index (χ0n) is 12.5. The first-order valence-electron chi connectivity index (χ1n) is 7.26. The molecule has 1 aromatic rings. The summed E-state index contributed by atoms with van der Waals surface area (Å²) in [6.45, 7) is 5.05. The molecule has 0 bridgehead atoms. The second-order valence-electron chi connectivity index (χ2n) is 5.97. The zero-order chi connectivity index (χ0) is 14.9. The normalized spacial score (nSPS) is 24.6. The Labute approximate surface area is 124 Å². The van der Waals surface area contributed by atoms with Crippen molar-refractivity contribution in [1.82, 2.24) is 9.88 Å². The molecule has 3 heterocycles. The van der Waals surface area contributed by atoms with Gasteiger partial charge in [-0.3, -0.25) is 0 Å². The van der Waals surface area contributed by atoms with E-state index in [0.29, 0.717) is 11.6 Å². The summed E-state index contributed by atoms with van der Waals surface area (Å²) in [6.07, 6.45) is 3.78. The molecule has 1 aromatic heterocycles. The zero-order valence-corrected chi connectivity index (χ0v) is 12.5. The lowest BCUT2D eigenvalue weighted by atomic mass is 9.87. The fourth-order valence-electron chi connectivity index (χ4n) is 3.08. The molecule has 2 amide bonds. The Kier molecular flexibility index (Phi) is 3.71. The third-order valence-electron chi connectivity index (χ3n) is 4.33. The van der Waals surface area contributed by atoms with Gasteiger partial charge in [0.2, 0.25) is 5.88 Å². The lowest BCUT2D eigenvalue weighted by molar-refractivity contribution is 0.154. The van der Waals surface area contributed by atoms with Gasteiger partial charge in [-0.2, -0.15) is 0 Å². The molecule has 0 saturated carbocycles. The highest BCUT2D eigenvalue weighted by Gasteiger charge is 2.42. The summed E-state index contributed by atoms with van der Waals surface area (Å²) in [6, 6.07) is 1.78. The number of aryl methyl sites for hydroxylation is 1. The van der Waals surface area contributed by atoms with Gasteiger partial charge < -0.3 is 19.7 Å². The maximum absolute atomic E-state index is 12.4. The van der Waals surface area contributed by atoms with Crippen LogP contribution in [0.1, 0.15) is 18.4 Å². The van der Waals surface area contributed by atoms with Gasteiger partial charge in [-0.05, 0) is 31.4 Å². The van der Waals surface area contributed by atoms with Gasteiger partial charge in [0.15, 0.2) is 0 Å². The van der Waals surface area contributed by atoms with Crippen molar-refractivity contribution in [3.63, 3.8) is 0 Å². The highest BCUT2D eigenvalue weighted by Crippen LogP contribution is 2.38. The van der Waals surface area contributed by atoms with Crippen molar-refractivity contribution in [2.45, 2.75) is 19.8 Å². The number of amides is 2. The summed E-state index contributed by atoms with van der Waals surface area (Å²) in [7, 11) is 1.55. The molecular formula is C15H21N3O3. The Morgan fingerprint density at radius 1 is 1.52 bits per heavy atom. The summed E-state index contributed by atoms with van der Waals surface area (Å²) >= 11 is 0. The van der Waals surface area contributed by atoms with Gasteiger partial charge in [0.05, 0.1) is 13.7 Å². The number of carbonyl (C=O) groups is 1. The van der Waals surface area contributed by atoms with E-state index in [9.17, 15) is 4.79 Å². The quantitative estimate of drug-likeness (QED) is 0.905. The maximum atomic E-state index is 12.4. The fourth-order valence-corrected chi connectivity index (χ4v) is 3.08. The standard InChI is InChI=1S/C15H21N3O3/c1-11-7-12(13(20-2)16-8-11)17-14(19)18-5-3-15(9-18)4-6-21-10-15/h7-8H,3-6,9-10H2,1-2H3,(H,17,19)/t15-/m1/s1. The van der Waals surface area contributed by atoms with Gasteiger partial charge in [-0.15, -0.1) is 0 Å². The molecule has 0 aliphatic carbocycles. The number of urea groups is 1. The first kappa shape index (κ1) is 14.1. The van der Waals surface area contributed by atoms with Crippen molar-refractivity contribution in [2.24, 2.45) is 5.41 Å². The number of methoxy groups -OCH3 is 1. The number of rotatable bonds is 2. The number of anilines is 1. The monoisotopic (exact) mass is 291 g/mol. The molecule has 2 aliphatic rings. The van der Waals surface area contributed by atoms with Crippen LogP contribution < -0.4 is 10.1 Å². The highest BCUT2D eigenvalue weighted by molar-refractivity contribution is 5.90. The van der Waals surface area contributed by atoms with Crippen LogP contribution in [0.5, 0.6) is 5.88 Å². The molecule has 114 valence electrons. The van der Waals surface area contributed by atoms with Crippen LogP contribution in [-0.4, -0.2) is 49.3 Å². The number of hydrogen-bond donors (Lipinski definition) is 1. The number of aromatic nitrogens is 1. The SMILES string of the molecule is COc1ncc(C)cc1NC(=O)N1CC[C@@]2(CCOC2)C1. The first-order valence-corrected chi connectivity index (χ1v) is 7.26. The van der Waals surface area contributed by atoms with E-state index in [0.717, 1.165) is 44.7 Å². The number of nitrogens with zero attached hydrogens (tertiary/aromatic N) is 2. The number of likely N-dealkylation sites (tertiary alicyclic amines) is 1. The lowest BCUT2D eigenvalue weighted by Crippen LogP contribution is -2.35. The third-order valence-corrected chi connectivity index (χ3v) is 4.33. The smallest absolute Gasteiger partial charge is 0.322 e. The van der Waals surface area contributed by atoms with E-state index >= 15 is 0 Å². The molecule has 0 radical (unpaired) electrons. The van der Waals surface area contributed by atoms with E-state index in [1.165, 1.54) is 0 Å². The predicted molar refractivity (Wildman–Crippen MR) is 78.6 cm³/mol. The Hall–Kier alpha value is -1.82. The van der Waals surface area contributed by atoms with Gasteiger partial charge in [-0.1, -0.05) is 0 Å². The summed E-state index contributed by atoms with van der Waals surface area (Å²) in [5.74, 6) is 0.437. The maximum Gasteiger partial charge on any atom is 0.322 e. The second kappa shape index (κ2) is 5.52. The molecule has 1 spiro atoms. The molecule has 0 aromatic carbocycles. The van der Waals surface area contributed by atoms with Crippen LogP contribution >= 0.6 is 0 Å². The Morgan fingerprint density at radius 2 is 2.38 bits per heavy atom. The van der Waals surface area contributed by atoms with Crippen molar-refractivity contribution >= 4 is 11.7 Å². The molecule has 3 rings (SSSR count). The topological polar surface area (TPSA) is 63.7 Å². The number of ether oxygens (including phenoxy) is 2. The van der Waals surface area contributed by atoms with E-state index in [4.69, 9.17) is 9.47 Å². The molecule has 2 aliphatic heterocycles. The lowest BCUT2D eigenvalue weighted by Gasteiger charge is -2.22. The van der Waals surface area contributed by atoms with Crippen molar-refractivity contribution in [1.29, 1.82) is 0 Å². The van der Waals surface area contributed by atoms with Crippen LogP contribution in [0.25, 0.3) is 0 Å². The number of pyridine rings is 1. The third kappa shape index (κ3) is 2.81. The van der Waals surface area contributed by atoms with E-state index in [1.54, 1.807) is 13.3 Å². The van der Waals surface area contributed by atoms with Gasteiger partial charge in [-0.25, -0.2) is 9.78 Å². The molecule has 6 nitrogen and oxygen atoms in total. The number of carbonyl (C=O) groups excluding carboxylic acids is 1. The van der Waals surface area contributed by atoms with Crippen molar-refractivity contribution in [2.75, 3.05) is 38.7 Å². The van der Waals surface area contributed by atoms with Crippen molar-refractivity contribution < 1.29 is 14.3 Å². The minimum absolute atomic E-state index is 0.0931. The molecule has 2 fully saturated rings. The van der Waals surface area contributed by atoms with E-state index in [-0.39, 0.29) is 11.4 Å². The van der Waals surface area contributed by atoms with Gasteiger partial charge in [0.25, 0.3) is 0 Å². The minimum atomic E-state index is -0.0931. The summed E-state index contributed by atoms with van der Waals surface area (Å²) in [5.41, 5.74) is 1.77. The van der Waals surface area contributed by atoms with Crippen LogP contribution in [0.15, 0.2) is 12.3 Å². The predicted octanol–water partition coefficient (Wildman–Crippen LogP) is 2.04. The van der Waals surface area contributed by atoms with Crippen LogP contribution in [-0.2, 0) is 4.74 Å². The molecule has 21 heavy (non-hydrogen) atoms. The summed E-state index contributed by atoms with van der Waals surface area (Å²) < 4.78 is 10.7. The summed E-state index contributed by atoms with van der Waals surface area (Å²) in [5, 5.41) is 2.91. The number of hydrogen-bond acceptors (Lipinski definition) is 4. The Balaban J connectivity index is 1.68. The average molecular weight is 291 g/mol. The van der Waals surface area contributed by atoms with Crippen LogP contribution in [0.2, 0.25) is 0 Å². The fraction of sp³-hybridized carbons (Fsp3) is 0.600. The molecule has 0 unspecified atom stereocenters. The van der Waals surface area contributed by atoms with Gasteiger partial charge >= 0.3 is 6.03 Å². The summed E-state index contributed by atoms with van der Waals surface area (Å²) in [4.78, 5) is 18.5. The molecule has 1 atom stereocenters. The van der Waals surface area contributed by atoms with Crippen LogP contribution in [0.3, 0.4) is 0 Å². The highest BCUT2D eigenvalue weighted by atomic mass is 16.5. The Morgan fingerprint density at radius 3 is 3.10 bits per heavy atom. The number of nitrogens with one attached hydrogen (secondary N) is 1. The Bertz CT molecular complexity index is 541. The van der Waals surface area contributed by atoms with Crippen LogP contribution in [0.4, 0.5) is 10.5 Å². The van der Waals surface area contributed by atoms with Crippen molar-refractivity contribution in [3.8, 4) is 5.88 Å². The van der Waals surface area contributed by atoms with E-state index in [1.807, 2.05) is 17.9 Å². The second-order valence-corrected chi connectivity index (χ2v) is 5.97. The van der Waals surface area contributed by atoms with Crippen molar-refractivity contribution in [3.05, 3.63) is 17.8 Å². The largest absolute Gasteiger partial charge is 0.480 e. The molecular weight excluding hydrogens is 270 g/mol. The minimum Gasteiger partial charge on any atom is -0.480 e. The van der Waals surface area contributed by atoms with E-state index in [2.05, 4.69) is 10.3 Å². The molecule has 1 N–H and O–H groups in total. The van der Waals surface area contributed by atoms with E-state index < -0.39 is 0 Å². The molecule has 2 saturated heterocycles. The van der Waals surface area contributed by atoms with Gasteiger partial charge in [0.1, 0.15) is 5.69 Å². The first-order chi connectivity index (χ1) is 10.1. The molecule has 6 heteroatoms. The van der Waals surface area contributed by atoms with Gasteiger partial charge in [0, 0.05) is 31.3 Å². The average Bonchev–Trinajstić information content (AvgIpc) is 3.10. The van der Waals surface area contributed by atoms with Crippen LogP contribution in [0, 0.1) is 12.3 Å².